The molecule has 1 fully saturated rings. The monoisotopic (exact) mass is 339 g/mol. The molecule has 0 radical (unpaired) electrons. The summed E-state index contributed by atoms with van der Waals surface area (Å²) >= 11 is 3.45. The number of halogens is 1. The Morgan fingerprint density at radius 1 is 1.15 bits per heavy atom. The van der Waals surface area contributed by atoms with E-state index in [1.807, 2.05) is 24.3 Å². The second-order valence-electron chi connectivity index (χ2n) is 5.65. The molecule has 0 aliphatic heterocycles. The third-order valence-corrected chi connectivity index (χ3v) is 4.73. The highest BCUT2D eigenvalue weighted by Crippen LogP contribution is 2.26. The first-order valence-corrected chi connectivity index (χ1v) is 8.70. The number of ether oxygens (including phenoxy) is 1. The summed E-state index contributed by atoms with van der Waals surface area (Å²) < 4.78 is 6.98. The van der Waals surface area contributed by atoms with Crippen molar-refractivity contribution in [1.82, 2.24) is 5.32 Å². The first kappa shape index (κ1) is 15.8. The molecule has 1 aliphatic carbocycles. The Labute approximate surface area is 131 Å². The van der Waals surface area contributed by atoms with E-state index in [9.17, 15) is 0 Å². The van der Waals surface area contributed by atoms with E-state index in [0.717, 1.165) is 35.7 Å². The largest absolute Gasteiger partial charge is 0.494 e. The Morgan fingerprint density at radius 3 is 2.65 bits per heavy atom. The van der Waals surface area contributed by atoms with E-state index in [0.29, 0.717) is 6.04 Å². The average Bonchev–Trinajstić information content (AvgIpc) is 2.67. The van der Waals surface area contributed by atoms with Gasteiger partial charge in [-0.2, -0.15) is 0 Å². The van der Waals surface area contributed by atoms with Crippen molar-refractivity contribution in [3.8, 4) is 5.75 Å². The van der Waals surface area contributed by atoms with Crippen molar-refractivity contribution < 1.29 is 4.74 Å². The minimum absolute atomic E-state index is 0.691. The van der Waals surface area contributed by atoms with Crippen LogP contribution in [0, 0.1) is 5.92 Å². The minimum atomic E-state index is 0.691. The summed E-state index contributed by atoms with van der Waals surface area (Å²) in [4.78, 5) is 0. The van der Waals surface area contributed by atoms with Crippen molar-refractivity contribution >= 4 is 15.9 Å². The lowest BCUT2D eigenvalue weighted by Gasteiger charge is -2.25. The highest BCUT2D eigenvalue weighted by Gasteiger charge is 2.22. The van der Waals surface area contributed by atoms with Gasteiger partial charge < -0.3 is 10.1 Å². The number of hydrogen-bond acceptors (Lipinski definition) is 2. The van der Waals surface area contributed by atoms with Gasteiger partial charge in [0.15, 0.2) is 0 Å². The molecule has 112 valence electrons. The van der Waals surface area contributed by atoms with Crippen LogP contribution in [0.3, 0.4) is 0 Å². The van der Waals surface area contributed by atoms with Crippen LogP contribution in [-0.4, -0.2) is 19.2 Å². The van der Waals surface area contributed by atoms with Crippen LogP contribution in [0.5, 0.6) is 5.75 Å². The first-order chi connectivity index (χ1) is 9.79. The van der Waals surface area contributed by atoms with E-state index in [-0.39, 0.29) is 0 Å². The van der Waals surface area contributed by atoms with E-state index in [2.05, 4.69) is 28.2 Å². The van der Waals surface area contributed by atoms with Gasteiger partial charge >= 0.3 is 0 Å². The summed E-state index contributed by atoms with van der Waals surface area (Å²) in [6.45, 7) is 4.11. The van der Waals surface area contributed by atoms with Crippen molar-refractivity contribution in [2.75, 3.05) is 13.2 Å². The van der Waals surface area contributed by atoms with Gasteiger partial charge in [-0.3, -0.25) is 0 Å². The second kappa shape index (κ2) is 8.68. The van der Waals surface area contributed by atoms with Crippen LogP contribution in [0.15, 0.2) is 28.7 Å². The van der Waals surface area contributed by atoms with Gasteiger partial charge in [-0.05, 0) is 56.0 Å². The number of nitrogens with one attached hydrogen (secondary N) is 1. The van der Waals surface area contributed by atoms with Gasteiger partial charge in [0.05, 0.1) is 6.61 Å². The molecule has 20 heavy (non-hydrogen) atoms. The van der Waals surface area contributed by atoms with Crippen LogP contribution in [0.25, 0.3) is 0 Å². The van der Waals surface area contributed by atoms with Gasteiger partial charge in [-0.25, -0.2) is 0 Å². The molecular formula is C17H26BrNO. The van der Waals surface area contributed by atoms with Crippen LogP contribution >= 0.6 is 15.9 Å². The van der Waals surface area contributed by atoms with Crippen molar-refractivity contribution in [3.05, 3.63) is 28.7 Å². The molecule has 0 heterocycles. The predicted molar refractivity (Wildman–Crippen MR) is 88.3 cm³/mol. The molecule has 3 heteroatoms. The Morgan fingerprint density at radius 2 is 1.90 bits per heavy atom. The van der Waals surface area contributed by atoms with Crippen molar-refractivity contribution in [3.63, 3.8) is 0 Å². The van der Waals surface area contributed by atoms with Crippen LogP contribution in [-0.2, 0) is 0 Å². The molecule has 0 saturated heterocycles. The summed E-state index contributed by atoms with van der Waals surface area (Å²) in [6, 6.07) is 8.80. The van der Waals surface area contributed by atoms with Gasteiger partial charge in [0, 0.05) is 10.5 Å². The van der Waals surface area contributed by atoms with E-state index >= 15 is 0 Å². The van der Waals surface area contributed by atoms with Crippen molar-refractivity contribution in [1.29, 1.82) is 0 Å². The molecule has 2 unspecified atom stereocenters. The number of hydrogen-bond donors (Lipinski definition) is 1. The minimum Gasteiger partial charge on any atom is -0.494 e. The fourth-order valence-corrected chi connectivity index (χ4v) is 3.38. The molecule has 1 aromatic rings. The van der Waals surface area contributed by atoms with Gasteiger partial charge in [0.25, 0.3) is 0 Å². The normalized spacial score (nSPS) is 23.3. The van der Waals surface area contributed by atoms with Gasteiger partial charge in [-0.1, -0.05) is 42.1 Å². The molecule has 0 aromatic heterocycles. The molecule has 2 nitrogen and oxygen atoms in total. The quantitative estimate of drug-likeness (QED) is 0.753. The summed E-state index contributed by atoms with van der Waals surface area (Å²) in [5.41, 5.74) is 0. The standard InChI is InChI=1S/C17H26BrNO/c1-2-19-17-7-5-3-4-6-14(17)12-13-20-16-10-8-15(18)9-11-16/h8-11,14,17,19H,2-7,12-13H2,1H3. The molecule has 1 N–H and O–H groups in total. The van der Waals surface area contributed by atoms with E-state index in [4.69, 9.17) is 4.74 Å². The Kier molecular flexibility index (Phi) is 6.88. The van der Waals surface area contributed by atoms with Crippen LogP contribution in [0.1, 0.15) is 45.4 Å². The fraction of sp³-hybridized carbons (Fsp3) is 0.647. The lowest BCUT2D eigenvalue weighted by Crippen LogP contribution is -2.36. The highest BCUT2D eigenvalue weighted by atomic mass is 79.9. The van der Waals surface area contributed by atoms with Gasteiger partial charge in [0.1, 0.15) is 5.75 Å². The van der Waals surface area contributed by atoms with Crippen molar-refractivity contribution in [2.45, 2.75) is 51.5 Å². The number of rotatable bonds is 6. The molecule has 0 amide bonds. The Bertz CT molecular complexity index is 379. The van der Waals surface area contributed by atoms with Gasteiger partial charge in [-0.15, -0.1) is 0 Å². The maximum Gasteiger partial charge on any atom is 0.119 e. The zero-order valence-electron chi connectivity index (χ0n) is 12.4. The zero-order valence-corrected chi connectivity index (χ0v) is 14.0. The zero-order chi connectivity index (χ0) is 14.2. The topological polar surface area (TPSA) is 21.3 Å². The second-order valence-corrected chi connectivity index (χ2v) is 6.57. The summed E-state index contributed by atoms with van der Waals surface area (Å²) in [5.74, 6) is 1.75. The SMILES string of the molecule is CCNC1CCCCCC1CCOc1ccc(Br)cc1. The third-order valence-electron chi connectivity index (χ3n) is 4.20. The Hall–Kier alpha value is -0.540. The van der Waals surface area contributed by atoms with Crippen molar-refractivity contribution in [2.24, 2.45) is 5.92 Å². The fourth-order valence-electron chi connectivity index (χ4n) is 3.12. The summed E-state index contributed by atoms with van der Waals surface area (Å²) in [5, 5.41) is 3.67. The molecule has 2 rings (SSSR count). The third kappa shape index (κ3) is 5.10. The average molecular weight is 340 g/mol. The predicted octanol–water partition coefficient (Wildman–Crippen LogP) is 4.78. The molecule has 1 saturated carbocycles. The summed E-state index contributed by atoms with van der Waals surface area (Å²) in [6.07, 6.45) is 7.99. The maximum absolute atomic E-state index is 5.88. The van der Waals surface area contributed by atoms with Crippen LogP contribution in [0.4, 0.5) is 0 Å². The lowest BCUT2D eigenvalue weighted by atomic mass is 9.92. The smallest absolute Gasteiger partial charge is 0.119 e. The van der Waals surface area contributed by atoms with Crippen LogP contribution < -0.4 is 10.1 Å². The van der Waals surface area contributed by atoms with Crippen LogP contribution in [0.2, 0.25) is 0 Å². The Balaban J connectivity index is 1.79. The maximum atomic E-state index is 5.88. The molecular weight excluding hydrogens is 314 g/mol. The molecule has 1 aromatic carbocycles. The number of benzene rings is 1. The van der Waals surface area contributed by atoms with E-state index < -0.39 is 0 Å². The summed E-state index contributed by atoms with van der Waals surface area (Å²) in [7, 11) is 0. The van der Waals surface area contributed by atoms with E-state index in [1.54, 1.807) is 0 Å². The van der Waals surface area contributed by atoms with Gasteiger partial charge in [0.2, 0.25) is 0 Å². The highest BCUT2D eigenvalue weighted by molar-refractivity contribution is 9.10. The first-order valence-electron chi connectivity index (χ1n) is 7.91. The molecule has 2 atom stereocenters. The molecule has 1 aliphatic rings. The molecule has 0 spiro atoms. The molecule has 0 bridgehead atoms. The van der Waals surface area contributed by atoms with E-state index in [1.165, 1.54) is 32.1 Å². The lowest BCUT2D eigenvalue weighted by molar-refractivity contribution is 0.239.